The van der Waals surface area contributed by atoms with Crippen LogP contribution in [0, 0.1) is 11.3 Å². The van der Waals surface area contributed by atoms with Crippen molar-refractivity contribution in [1.82, 2.24) is 20.0 Å². The Balaban J connectivity index is 1.79. The van der Waals surface area contributed by atoms with Gasteiger partial charge < -0.3 is 0 Å². The molecule has 5 rings (SSSR count). The van der Waals surface area contributed by atoms with Crippen LogP contribution in [0.5, 0.6) is 0 Å². The second-order valence-corrected chi connectivity index (χ2v) is 8.05. The first-order valence-corrected chi connectivity index (χ1v) is 10.6. The molecule has 2 aromatic heterocycles. The van der Waals surface area contributed by atoms with E-state index in [1.54, 1.807) is 10.9 Å². The number of rotatable bonds is 3. The number of hydrogen-bond donors (Lipinski definition) is 1. The summed E-state index contributed by atoms with van der Waals surface area (Å²) in [7, 11) is 1.85. The van der Waals surface area contributed by atoms with Gasteiger partial charge in [0.05, 0.1) is 28.5 Å². The molecule has 2 heterocycles. The lowest BCUT2D eigenvalue weighted by molar-refractivity contribution is 0.776. The third-order valence-corrected chi connectivity index (χ3v) is 6.04. The van der Waals surface area contributed by atoms with E-state index in [4.69, 9.17) is 11.6 Å². The topological polar surface area (TPSA) is 87.4 Å². The minimum atomic E-state index is -0.215. The number of aryl methyl sites for hydroxylation is 2. The van der Waals surface area contributed by atoms with Crippen LogP contribution in [0.15, 0.2) is 59.5 Å². The van der Waals surface area contributed by atoms with Crippen molar-refractivity contribution in [3.63, 3.8) is 0 Å². The number of H-pyrrole nitrogens is 1. The van der Waals surface area contributed by atoms with Crippen LogP contribution >= 0.6 is 11.6 Å². The van der Waals surface area contributed by atoms with Crippen LogP contribution < -0.4 is 5.56 Å². The molecule has 3 aromatic carbocycles. The summed E-state index contributed by atoms with van der Waals surface area (Å²) >= 11 is 6.22. The Morgan fingerprint density at radius 3 is 2.66 bits per heavy atom. The molecule has 0 aliphatic heterocycles. The zero-order valence-electron chi connectivity index (χ0n) is 17.5. The number of fused-ring (bicyclic) bond motifs is 2. The second-order valence-electron chi connectivity index (χ2n) is 7.61. The highest BCUT2D eigenvalue weighted by atomic mass is 35.5. The third kappa shape index (κ3) is 3.06. The molecule has 156 valence electrons. The lowest BCUT2D eigenvalue weighted by Gasteiger charge is -2.12. The summed E-state index contributed by atoms with van der Waals surface area (Å²) in [6.07, 6.45) is 2.48. The molecular formula is C25H18ClN5O. The van der Waals surface area contributed by atoms with Crippen molar-refractivity contribution in [2.24, 2.45) is 7.05 Å². The quantitative estimate of drug-likeness (QED) is 0.417. The van der Waals surface area contributed by atoms with Gasteiger partial charge in [-0.3, -0.25) is 9.48 Å². The molecule has 32 heavy (non-hydrogen) atoms. The molecular weight excluding hydrogens is 422 g/mol. The van der Waals surface area contributed by atoms with E-state index in [9.17, 15) is 10.1 Å². The van der Waals surface area contributed by atoms with Crippen molar-refractivity contribution >= 4 is 33.1 Å². The van der Waals surface area contributed by atoms with E-state index in [0.29, 0.717) is 22.4 Å². The summed E-state index contributed by atoms with van der Waals surface area (Å²) in [5.41, 5.74) is 4.52. The largest absolute Gasteiger partial charge is 0.272 e. The SMILES string of the molecule is CCc1n[nH]c(=O)c2ccc(-c3cnn(C)c3-c3ccc4ccc(Cl)cc4c3C#N)cc12. The Morgan fingerprint density at radius 1 is 1.06 bits per heavy atom. The molecule has 6 nitrogen and oxygen atoms in total. The van der Waals surface area contributed by atoms with Gasteiger partial charge in [-0.15, -0.1) is 0 Å². The first-order chi connectivity index (χ1) is 15.5. The number of nitrogens with zero attached hydrogens (tertiary/aromatic N) is 4. The van der Waals surface area contributed by atoms with Gasteiger partial charge in [0, 0.05) is 34.0 Å². The Hall–Kier alpha value is -3.95. The van der Waals surface area contributed by atoms with E-state index < -0.39 is 0 Å². The maximum absolute atomic E-state index is 12.2. The molecule has 7 heteroatoms. The van der Waals surface area contributed by atoms with Crippen LogP contribution in [0.1, 0.15) is 18.2 Å². The molecule has 5 aromatic rings. The second kappa shape index (κ2) is 7.63. The summed E-state index contributed by atoms with van der Waals surface area (Å²) in [6, 6.07) is 17.5. The van der Waals surface area contributed by atoms with E-state index in [0.717, 1.165) is 44.2 Å². The Labute approximate surface area is 188 Å². The fourth-order valence-electron chi connectivity index (χ4n) is 4.23. The molecule has 0 unspecified atom stereocenters. The maximum atomic E-state index is 12.2. The van der Waals surface area contributed by atoms with Crippen LogP contribution in [0.2, 0.25) is 5.02 Å². The highest BCUT2D eigenvalue weighted by Crippen LogP contribution is 2.37. The Morgan fingerprint density at radius 2 is 1.88 bits per heavy atom. The standard InChI is InChI=1S/C25H18ClN5O/c1-3-23-20-10-15(6-9-18(20)25(32)30-29-23)22-13-28-31(2)24(22)17-8-5-14-4-7-16(26)11-19(14)21(17)12-27/h4-11,13H,3H2,1-2H3,(H,30,32). The first-order valence-electron chi connectivity index (χ1n) is 10.2. The van der Waals surface area contributed by atoms with Crippen molar-refractivity contribution in [2.45, 2.75) is 13.3 Å². The average molecular weight is 440 g/mol. The minimum absolute atomic E-state index is 0.215. The summed E-state index contributed by atoms with van der Waals surface area (Å²) in [5.74, 6) is 0. The normalized spacial score (nSPS) is 11.2. The maximum Gasteiger partial charge on any atom is 0.272 e. The summed E-state index contributed by atoms with van der Waals surface area (Å²) in [5, 5.41) is 25.0. The van der Waals surface area contributed by atoms with Crippen molar-refractivity contribution in [3.8, 4) is 28.5 Å². The van der Waals surface area contributed by atoms with Crippen molar-refractivity contribution in [3.05, 3.63) is 81.4 Å². The highest BCUT2D eigenvalue weighted by Gasteiger charge is 2.19. The van der Waals surface area contributed by atoms with E-state index in [1.165, 1.54) is 0 Å². The zero-order valence-corrected chi connectivity index (χ0v) is 18.2. The van der Waals surface area contributed by atoms with Crippen molar-refractivity contribution in [2.75, 3.05) is 0 Å². The lowest BCUT2D eigenvalue weighted by Crippen LogP contribution is -2.10. The number of halogens is 1. The molecule has 0 bridgehead atoms. The zero-order chi connectivity index (χ0) is 22.4. The molecule has 0 saturated heterocycles. The average Bonchev–Trinajstić information content (AvgIpc) is 3.19. The van der Waals surface area contributed by atoms with Gasteiger partial charge in [-0.2, -0.15) is 15.5 Å². The van der Waals surface area contributed by atoms with Crippen LogP contribution in [-0.4, -0.2) is 20.0 Å². The number of hydrogen-bond acceptors (Lipinski definition) is 4. The molecule has 0 aliphatic rings. The van der Waals surface area contributed by atoms with Crippen LogP contribution in [0.3, 0.4) is 0 Å². The predicted molar refractivity (Wildman–Crippen MR) is 127 cm³/mol. The van der Waals surface area contributed by atoms with Gasteiger partial charge in [0.2, 0.25) is 0 Å². The van der Waals surface area contributed by atoms with Crippen LogP contribution in [-0.2, 0) is 13.5 Å². The minimum Gasteiger partial charge on any atom is -0.267 e. The molecule has 0 saturated carbocycles. The van der Waals surface area contributed by atoms with Crippen molar-refractivity contribution < 1.29 is 0 Å². The van der Waals surface area contributed by atoms with E-state index in [1.807, 2.05) is 62.5 Å². The fourth-order valence-corrected chi connectivity index (χ4v) is 4.41. The molecule has 0 radical (unpaired) electrons. The van der Waals surface area contributed by atoms with E-state index in [2.05, 4.69) is 21.4 Å². The fraction of sp³-hybridized carbons (Fsp3) is 0.120. The monoisotopic (exact) mass is 439 g/mol. The van der Waals surface area contributed by atoms with E-state index >= 15 is 0 Å². The van der Waals surface area contributed by atoms with E-state index in [-0.39, 0.29) is 5.56 Å². The molecule has 0 amide bonds. The molecule has 1 N–H and O–H groups in total. The smallest absolute Gasteiger partial charge is 0.267 e. The molecule has 0 aliphatic carbocycles. The van der Waals surface area contributed by atoms with Gasteiger partial charge in [-0.25, -0.2) is 5.10 Å². The third-order valence-electron chi connectivity index (χ3n) is 5.80. The predicted octanol–water partition coefficient (Wildman–Crippen LogP) is 5.23. The van der Waals surface area contributed by atoms with Gasteiger partial charge in [-0.05, 0) is 41.6 Å². The summed E-state index contributed by atoms with van der Waals surface area (Å²) in [6.45, 7) is 2.00. The summed E-state index contributed by atoms with van der Waals surface area (Å²) < 4.78 is 1.77. The number of aromatic nitrogens is 4. The Bertz CT molecular complexity index is 1620. The number of nitrogens with one attached hydrogen (secondary N) is 1. The number of aromatic amines is 1. The Kier molecular flexibility index (Phi) is 4.76. The summed E-state index contributed by atoms with van der Waals surface area (Å²) in [4.78, 5) is 12.2. The number of nitriles is 1. The van der Waals surface area contributed by atoms with Gasteiger partial charge in [0.1, 0.15) is 6.07 Å². The van der Waals surface area contributed by atoms with Gasteiger partial charge in [0.25, 0.3) is 5.56 Å². The van der Waals surface area contributed by atoms with Gasteiger partial charge in [0.15, 0.2) is 0 Å². The van der Waals surface area contributed by atoms with Crippen molar-refractivity contribution in [1.29, 1.82) is 5.26 Å². The lowest BCUT2D eigenvalue weighted by atomic mass is 9.93. The molecule has 0 spiro atoms. The highest BCUT2D eigenvalue weighted by molar-refractivity contribution is 6.31. The molecule has 0 fully saturated rings. The first kappa shape index (κ1) is 20.0. The number of benzene rings is 3. The van der Waals surface area contributed by atoms with Crippen LogP contribution in [0.4, 0.5) is 0 Å². The van der Waals surface area contributed by atoms with Crippen LogP contribution in [0.25, 0.3) is 43.9 Å². The molecule has 0 atom stereocenters. The van der Waals surface area contributed by atoms with Gasteiger partial charge in [-0.1, -0.05) is 42.8 Å². The van der Waals surface area contributed by atoms with Gasteiger partial charge >= 0.3 is 0 Å².